The summed E-state index contributed by atoms with van der Waals surface area (Å²) in [4.78, 5) is 10.5. The highest BCUT2D eigenvalue weighted by Crippen LogP contribution is 2.13. The molecule has 104 valence electrons. The van der Waals surface area contributed by atoms with Crippen LogP contribution in [0.5, 0.6) is 0 Å². The van der Waals surface area contributed by atoms with Gasteiger partial charge in [0.15, 0.2) is 5.84 Å². The first kappa shape index (κ1) is 14.9. The van der Waals surface area contributed by atoms with Gasteiger partial charge in [-0.1, -0.05) is 0 Å². The summed E-state index contributed by atoms with van der Waals surface area (Å²) < 4.78 is 36.7. The van der Waals surface area contributed by atoms with E-state index in [1.54, 1.807) is 6.07 Å². The molecule has 0 aromatic rings. The molecule has 0 saturated carbocycles. The molecule has 0 fully saturated rings. The van der Waals surface area contributed by atoms with E-state index in [1.807, 2.05) is 0 Å². The molecule has 1 rings (SSSR count). The molecule has 1 heterocycles. The van der Waals surface area contributed by atoms with E-state index in [4.69, 9.17) is 15.7 Å². The van der Waals surface area contributed by atoms with Crippen molar-refractivity contribution in [2.45, 2.75) is 6.92 Å². The van der Waals surface area contributed by atoms with Crippen LogP contribution in [-0.4, -0.2) is 44.5 Å². The largest absolute Gasteiger partial charge is 0.463 e. The molecular weight excluding hydrogens is 276 g/mol. The van der Waals surface area contributed by atoms with E-state index in [-0.39, 0.29) is 31.4 Å². The monoisotopic (exact) mass is 288 g/mol. The van der Waals surface area contributed by atoms with Gasteiger partial charge in [0.25, 0.3) is 0 Å². The van der Waals surface area contributed by atoms with Crippen LogP contribution < -0.4 is 5.73 Å². The summed E-state index contributed by atoms with van der Waals surface area (Å²) in [7, 11) is -3.98. The van der Waals surface area contributed by atoms with Gasteiger partial charge >= 0.3 is 16.2 Å². The third-order valence-electron chi connectivity index (χ3n) is 1.93. The molecule has 1 aliphatic heterocycles. The number of amidine groups is 1. The first-order valence-electron chi connectivity index (χ1n) is 5.07. The van der Waals surface area contributed by atoms with Gasteiger partial charge in [-0.05, 0) is 0 Å². The molecule has 0 saturated heterocycles. The molecule has 0 bridgehead atoms. The van der Waals surface area contributed by atoms with Crippen LogP contribution in [0.3, 0.4) is 0 Å². The summed E-state index contributed by atoms with van der Waals surface area (Å²) in [6.45, 7) is 0.907. The number of rotatable bonds is 5. The average Bonchev–Trinajstić information content (AvgIpc) is 2.30. The van der Waals surface area contributed by atoms with Crippen LogP contribution in [0.15, 0.2) is 16.2 Å². The molecule has 0 spiro atoms. The maximum Gasteiger partial charge on any atom is 0.348 e. The molecule has 0 aromatic heterocycles. The van der Waals surface area contributed by atoms with Crippen LogP contribution in [0, 0.1) is 11.3 Å². The molecule has 1 aliphatic rings. The fraction of sp³-hybridized carbons (Fsp3) is 0.444. The first-order chi connectivity index (χ1) is 8.86. The molecule has 19 heavy (non-hydrogen) atoms. The molecule has 0 aliphatic carbocycles. The van der Waals surface area contributed by atoms with Gasteiger partial charge in [0, 0.05) is 13.1 Å². The zero-order chi connectivity index (χ0) is 14.5. The number of nitrogens with two attached hydrogens (primary N) is 1. The van der Waals surface area contributed by atoms with Gasteiger partial charge in [-0.3, -0.25) is 4.79 Å². The summed E-state index contributed by atoms with van der Waals surface area (Å²) >= 11 is 0. The highest BCUT2D eigenvalue weighted by Gasteiger charge is 2.25. The number of carbonyl (C=O) groups is 1. The first-order valence-corrected chi connectivity index (χ1v) is 6.47. The fourth-order valence-electron chi connectivity index (χ4n) is 1.09. The molecule has 9 nitrogen and oxygen atoms in total. The summed E-state index contributed by atoms with van der Waals surface area (Å²) in [5.74, 6) is -0.822. The van der Waals surface area contributed by atoms with Crippen molar-refractivity contribution in [2.24, 2.45) is 10.1 Å². The number of esters is 1. The highest BCUT2D eigenvalue weighted by molar-refractivity contribution is 7.88. The molecule has 0 unspecified atom stereocenters. The van der Waals surface area contributed by atoms with Crippen molar-refractivity contribution in [3.8, 4) is 6.07 Å². The Balaban J connectivity index is 2.56. The van der Waals surface area contributed by atoms with Crippen molar-refractivity contribution >= 4 is 22.0 Å². The van der Waals surface area contributed by atoms with Crippen LogP contribution in [0.25, 0.3) is 0 Å². The van der Waals surface area contributed by atoms with E-state index in [0.717, 1.165) is 10.5 Å². The van der Waals surface area contributed by atoms with Crippen molar-refractivity contribution < 1.29 is 22.7 Å². The summed E-state index contributed by atoms with van der Waals surface area (Å²) in [5.41, 5.74) is 5.22. The Hall–Kier alpha value is -2.12. The molecular formula is C9H12N4O5S. The van der Waals surface area contributed by atoms with Gasteiger partial charge in [0.2, 0.25) is 0 Å². The Morgan fingerprint density at radius 1 is 1.58 bits per heavy atom. The fourth-order valence-corrected chi connectivity index (χ4v) is 1.99. The van der Waals surface area contributed by atoms with Gasteiger partial charge in [-0.25, -0.2) is 4.31 Å². The SMILES string of the molecule is CC(=O)OCCOCN1C=C(C#N)C(N)=NS1(=O)=O. The lowest BCUT2D eigenvalue weighted by molar-refractivity contribution is -0.142. The summed E-state index contributed by atoms with van der Waals surface area (Å²) in [5, 5.41) is 8.72. The normalized spacial score (nSPS) is 17.2. The number of carbonyl (C=O) groups excluding carboxylic acids is 1. The minimum absolute atomic E-state index is 0.00342. The van der Waals surface area contributed by atoms with Gasteiger partial charge < -0.3 is 15.2 Å². The van der Waals surface area contributed by atoms with Crippen molar-refractivity contribution in [3.63, 3.8) is 0 Å². The van der Waals surface area contributed by atoms with Crippen LogP contribution in [0.1, 0.15) is 6.92 Å². The minimum atomic E-state index is -3.98. The number of nitrogens with zero attached hydrogens (tertiary/aromatic N) is 3. The lowest BCUT2D eigenvalue weighted by Gasteiger charge is -2.21. The zero-order valence-electron chi connectivity index (χ0n) is 10.1. The maximum atomic E-state index is 11.6. The van der Waals surface area contributed by atoms with Gasteiger partial charge in [-0.15, -0.1) is 4.40 Å². The van der Waals surface area contributed by atoms with Crippen molar-refractivity contribution in [2.75, 3.05) is 19.9 Å². The van der Waals surface area contributed by atoms with E-state index in [1.165, 1.54) is 6.92 Å². The van der Waals surface area contributed by atoms with Gasteiger partial charge in [-0.2, -0.15) is 13.7 Å². The van der Waals surface area contributed by atoms with E-state index >= 15 is 0 Å². The van der Waals surface area contributed by atoms with Crippen LogP contribution >= 0.6 is 0 Å². The number of hydrogen-bond acceptors (Lipinski definition) is 7. The third-order valence-corrected chi connectivity index (χ3v) is 3.16. The lowest BCUT2D eigenvalue weighted by atomic mass is 10.3. The van der Waals surface area contributed by atoms with E-state index in [2.05, 4.69) is 9.13 Å². The second-order valence-corrected chi connectivity index (χ2v) is 4.92. The highest BCUT2D eigenvalue weighted by atomic mass is 32.2. The predicted molar refractivity (Wildman–Crippen MR) is 63.5 cm³/mol. The molecule has 2 N–H and O–H groups in total. The van der Waals surface area contributed by atoms with Crippen LogP contribution in [0.2, 0.25) is 0 Å². The maximum absolute atomic E-state index is 11.6. The Bertz CT molecular complexity index is 560. The van der Waals surface area contributed by atoms with Crippen LogP contribution in [-0.2, 0) is 24.5 Å². The van der Waals surface area contributed by atoms with Crippen molar-refractivity contribution in [1.82, 2.24) is 4.31 Å². The summed E-state index contributed by atoms with van der Waals surface area (Å²) in [6.07, 6.45) is 1.03. The molecule has 10 heteroatoms. The second-order valence-electron chi connectivity index (χ2n) is 3.37. The minimum Gasteiger partial charge on any atom is -0.463 e. The van der Waals surface area contributed by atoms with Crippen molar-refractivity contribution in [1.29, 1.82) is 5.26 Å². The standard InChI is InChI=1S/C9H12N4O5S/c1-7(14)18-3-2-17-6-13-5-8(4-10)9(11)12-19(13,15)16/h5H,2-3,6H2,1H3,(H2,11,12). The second kappa shape index (κ2) is 6.17. The van der Waals surface area contributed by atoms with Gasteiger partial charge in [0.1, 0.15) is 25.0 Å². The smallest absolute Gasteiger partial charge is 0.348 e. The van der Waals surface area contributed by atoms with Crippen molar-refractivity contribution in [3.05, 3.63) is 11.8 Å². The Labute approximate surface area is 110 Å². The lowest BCUT2D eigenvalue weighted by Crippen LogP contribution is -2.34. The van der Waals surface area contributed by atoms with Crippen LogP contribution in [0.4, 0.5) is 0 Å². The Morgan fingerprint density at radius 3 is 2.84 bits per heavy atom. The zero-order valence-corrected chi connectivity index (χ0v) is 10.9. The third kappa shape index (κ3) is 4.23. The average molecular weight is 288 g/mol. The van der Waals surface area contributed by atoms with E-state index < -0.39 is 16.2 Å². The quantitative estimate of drug-likeness (QED) is 0.498. The Morgan fingerprint density at radius 2 is 2.26 bits per heavy atom. The van der Waals surface area contributed by atoms with E-state index in [9.17, 15) is 13.2 Å². The molecule has 0 amide bonds. The topological polar surface area (TPSA) is 135 Å². The summed E-state index contributed by atoms with van der Waals surface area (Å²) in [6, 6.07) is 1.71. The predicted octanol–water partition coefficient (Wildman–Crippen LogP) is -1.15. The molecule has 0 radical (unpaired) electrons. The molecule has 0 atom stereocenters. The number of ether oxygens (including phenoxy) is 2. The van der Waals surface area contributed by atoms with Gasteiger partial charge in [0.05, 0.1) is 6.61 Å². The molecule has 0 aromatic carbocycles. The Kier molecular flexibility index (Phi) is 4.85. The van der Waals surface area contributed by atoms with E-state index in [0.29, 0.717) is 0 Å². The number of hydrogen-bond donors (Lipinski definition) is 1. The number of nitriles is 1.